The molecule has 1 rings (SSSR count). The highest BCUT2D eigenvalue weighted by atomic mass is 19.4. The molecule has 0 aliphatic carbocycles. The maximum atomic E-state index is 12.2. The van der Waals surface area contributed by atoms with Crippen molar-refractivity contribution in [1.29, 1.82) is 0 Å². The van der Waals surface area contributed by atoms with Gasteiger partial charge in [0.15, 0.2) is 5.75 Å². The van der Waals surface area contributed by atoms with Crippen molar-refractivity contribution < 1.29 is 27.4 Å². The molecular weight excluding hydrogens is 267 g/mol. The first-order valence-corrected chi connectivity index (χ1v) is 5.37. The molecule has 19 heavy (non-hydrogen) atoms. The summed E-state index contributed by atoms with van der Waals surface area (Å²) in [6.45, 7) is 2.98. The molecule has 0 fully saturated rings. The second-order valence-corrected chi connectivity index (χ2v) is 3.64. The van der Waals surface area contributed by atoms with Crippen LogP contribution in [0.1, 0.15) is 18.2 Å². The van der Waals surface area contributed by atoms with Gasteiger partial charge in [0.1, 0.15) is 0 Å². The molecule has 0 radical (unpaired) electrons. The van der Waals surface area contributed by atoms with E-state index in [2.05, 4.69) is 14.5 Å². The summed E-state index contributed by atoms with van der Waals surface area (Å²) in [5.74, 6) is -1.69. The fourth-order valence-electron chi connectivity index (χ4n) is 1.35. The number of hydrogen-bond acceptors (Lipinski definition) is 4. The smallest absolute Gasteiger partial charge is 0.466 e. The van der Waals surface area contributed by atoms with Crippen LogP contribution < -0.4 is 10.2 Å². The minimum absolute atomic E-state index is 0.0480. The average molecular weight is 279 g/mol. The van der Waals surface area contributed by atoms with Crippen molar-refractivity contribution in [2.45, 2.75) is 26.6 Å². The first-order chi connectivity index (χ1) is 8.74. The van der Waals surface area contributed by atoms with Crippen molar-refractivity contribution in [2.24, 2.45) is 0 Å². The highest BCUT2D eigenvalue weighted by Crippen LogP contribution is 2.23. The van der Waals surface area contributed by atoms with Gasteiger partial charge in [-0.25, -0.2) is 0 Å². The summed E-state index contributed by atoms with van der Waals surface area (Å²) in [5.41, 5.74) is -1.14. The first kappa shape index (κ1) is 15.1. The third-order valence-corrected chi connectivity index (χ3v) is 2.15. The Balaban J connectivity index is 3.13. The average Bonchev–Trinajstić information content (AvgIpc) is 2.27. The summed E-state index contributed by atoms with van der Waals surface area (Å²) in [7, 11) is 0. The lowest BCUT2D eigenvalue weighted by molar-refractivity contribution is -0.275. The number of H-pyrrole nitrogens is 1. The number of alkyl halides is 3. The number of halogens is 3. The molecule has 0 amide bonds. The molecule has 0 aromatic carbocycles. The lowest BCUT2D eigenvalue weighted by atomic mass is 10.2. The minimum atomic E-state index is -5.01. The summed E-state index contributed by atoms with van der Waals surface area (Å²) >= 11 is 0. The van der Waals surface area contributed by atoms with E-state index in [4.69, 9.17) is 0 Å². The second kappa shape index (κ2) is 5.77. The molecule has 0 saturated heterocycles. The number of rotatable bonds is 4. The Morgan fingerprint density at radius 1 is 1.42 bits per heavy atom. The van der Waals surface area contributed by atoms with Crippen molar-refractivity contribution in [2.75, 3.05) is 6.61 Å². The molecule has 106 valence electrons. The van der Waals surface area contributed by atoms with Gasteiger partial charge in [0.2, 0.25) is 5.43 Å². The number of esters is 1. The fourth-order valence-corrected chi connectivity index (χ4v) is 1.35. The van der Waals surface area contributed by atoms with Crippen LogP contribution >= 0.6 is 0 Å². The lowest BCUT2D eigenvalue weighted by Crippen LogP contribution is -2.25. The van der Waals surface area contributed by atoms with Crippen molar-refractivity contribution in [3.05, 3.63) is 27.7 Å². The molecule has 1 aromatic heterocycles. The van der Waals surface area contributed by atoms with Crippen LogP contribution in [0.3, 0.4) is 0 Å². The molecule has 1 N–H and O–H groups in total. The van der Waals surface area contributed by atoms with Crippen molar-refractivity contribution >= 4 is 5.97 Å². The molecule has 8 heteroatoms. The molecule has 0 aliphatic rings. The topological polar surface area (TPSA) is 68.4 Å². The second-order valence-electron chi connectivity index (χ2n) is 3.64. The van der Waals surface area contributed by atoms with E-state index in [1.165, 1.54) is 13.1 Å². The SMILES string of the molecule is CCOC(=O)Cc1[nH]cc(C)c(=O)c1OC(F)(F)F. The number of ether oxygens (including phenoxy) is 2. The van der Waals surface area contributed by atoms with Crippen molar-refractivity contribution in [3.63, 3.8) is 0 Å². The van der Waals surface area contributed by atoms with E-state index in [1.54, 1.807) is 6.92 Å². The molecule has 0 spiro atoms. The quantitative estimate of drug-likeness (QED) is 0.851. The summed E-state index contributed by atoms with van der Waals surface area (Å²) < 4.78 is 45.0. The highest BCUT2D eigenvalue weighted by molar-refractivity contribution is 5.72. The molecule has 0 saturated carbocycles. The summed E-state index contributed by atoms with van der Waals surface area (Å²) in [6, 6.07) is 0. The Kier molecular flexibility index (Phi) is 4.57. The van der Waals surface area contributed by atoms with Gasteiger partial charge in [-0.15, -0.1) is 13.2 Å². The summed E-state index contributed by atoms with van der Waals surface area (Å²) in [4.78, 5) is 25.3. The molecule has 0 atom stereocenters. The summed E-state index contributed by atoms with van der Waals surface area (Å²) in [5, 5.41) is 0. The zero-order valence-corrected chi connectivity index (χ0v) is 10.3. The number of aromatic amines is 1. The van der Waals surface area contributed by atoms with Crippen LogP contribution in [0.5, 0.6) is 5.75 Å². The van der Waals surface area contributed by atoms with Gasteiger partial charge in [0.25, 0.3) is 0 Å². The van der Waals surface area contributed by atoms with Crippen LogP contribution in [-0.4, -0.2) is 23.9 Å². The number of hydrogen-bond donors (Lipinski definition) is 1. The van der Waals surface area contributed by atoms with Crippen LogP contribution in [0, 0.1) is 6.92 Å². The third-order valence-electron chi connectivity index (χ3n) is 2.15. The Morgan fingerprint density at radius 2 is 2.05 bits per heavy atom. The number of nitrogens with one attached hydrogen (secondary N) is 1. The van der Waals surface area contributed by atoms with Gasteiger partial charge in [-0.2, -0.15) is 0 Å². The first-order valence-electron chi connectivity index (χ1n) is 5.37. The van der Waals surface area contributed by atoms with Gasteiger partial charge in [-0.05, 0) is 13.8 Å². The van der Waals surface area contributed by atoms with Crippen LogP contribution in [0.25, 0.3) is 0 Å². The molecular formula is C11H12F3NO4. The number of carbonyl (C=O) groups excluding carboxylic acids is 1. The number of aromatic nitrogens is 1. The van der Waals surface area contributed by atoms with E-state index in [9.17, 15) is 22.8 Å². The molecule has 1 aromatic rings. The third kappa shape index (κ3) is 4.31. The maximum absolute atomic E-state index is 12.2. The van der Waals surface area contributed by atoms with Crippen LogP contribution in [0.4, 0.5) is 13.2 Å². The predicted molar refractivity (Wildman–Crippen MR) is 58.8 cm³/mol. The number of carbonyl (C=O) groups is 1. The predicted octanol–water partition coefficient (Wildman–Crippen LogP) is 1.69. The van der Waals surface area contributed by atoms with E-state index in [1.807, 2.05) is 0 Å². The molecule has 5 nitrogen and oxygen atoms in total. The Morgan fingerprint density at radius 3 is 2.58 bits per heavy atom. The zero-order valence-electron chi connectivity index (χ0n) is 10.3. The Bertz CT molecular complexity index is 522. The van der Waals surface area contributed by atoms with Gasteiger partial charge in [-0.3, -0.25) is 9.59 Å². The highest BCUT2D eigenvalue weighted by Gasteiger charge is 2.34. The van der Waals surface area contributed by atoms with Crippen molar-refractivity contribution in [3.8, 4) is 5.75 Å². The summed E-state index contributed by atoms with van der Waals surface area (Å²) in [6.07, 6.45) is -4.31. The molecule has 1 heterocycles. The molecule has 0 bridgehead atoms. The normalized spacial score (nSPS) is 11.2. The zero-order chi connectivity index (χ0) is 14.6. The lowest BCUT2D eigenvalue weighted by Gasteiger charge is -2.12. The van der Waals surface area contributed by atoms with Crippen LogP contribution in [0.15, 0.2) is 11.0 Å². The number of pyridine rings is 1. The Labute approximate surface area is 106 Å². The van der Waals surface area contributed by atoms with Gasteiger partial charge in [-0.1, -0.05) is 0 Å². The van der Waals surface area contributed by atoms with E-state index in [0.29, 0.717) is 0 Å². The Hall–Kier alpha value is -1.99. The molecule has 0 unspecified atom stereocenters. The van der Waals surface area contributed by atoms with Crippen LogP contribution in [0.2, 0.25) is 0 Å². The maximum Gasteiger partial charge on any atom is 0.573 e. The van der Waals surface area contributed by atoms with E-state index in [0.717, 1.165) is 0 Å². The van der Waals surface area contributed by atoms with Gasteiger partial charge in [0.05, 0.1) is 18.7 Å². The van der Waals surface area contributed by atoms with E-state index < -0.39 is 29.9 Å². The number of aryl methyl sites for hydroxylation is 1. The fraction of sp³-hybridized carbons (Fsp3) is 0.455. The monoisotopic (exact) mass is 279 g/mol. The minimum Gasteiger partial charge on any atom is -0.466 e. The van der Waals surface area contributed by atoms with Gasteiger partial charge in [0, 0.05) is 11.8 Å². The largest absolute Gasteiger partial charge is 0.573 e. The van der Waals surface area contributed by atoms with Crippen molar-refractivity contribution in [1.82, 2.24) is 4.98 Å². The van der Waals surface area contributed by atoms with E-state index in [-0.39, 0.29) is 17.9 Å². The standard InChI is InChI=1S/C11H12F3NO4/c1-3-18-8(16)4-7-10(19-11(12,13)14)9(17)6(2)5-15-7/h5H,3-4H2,1-2H3,(H,15,17). The van der Waals surface area contributed by atoms with Gasteiger partial charge < -0.3 is 14.5 Å². The van der Waals surface area contributed by atoms with Gasteiger partial charge >= 0.3 is 12.3 Å². The van der Waals surface area contributed by atoms with E-state index >= 15 is 0 Å². The molecule has 0 aliphatic heterocycles. The van der Waals surface area contributed by atoms with Crippen LogP contribution in [-0.2, 0) is 16.0 Å².